The van der Waals surface area contributed by atoms with E-state index in [-0.39, 0.29) is 11.6 Å². The molecule has 4 heteroatoms. The van der Waals surface area contributed by atoms with Crippen molar-refractivity contribution >= 4 is 0 Å². The van der Waals surface area contributed by atoms with E-state index in [0.29, 0.717) is 0 Å². The fourth-order valence-corrected chi connectivity index (χ4v) is 3.67. The number of hydrogen-bond acceptors (Lipinski definition) is 3. The molecule has 1 heterocycles. The maximum Gasteiger partial charge on any atom is 0.110 e. The molecule has 122 valence electrons. The minimum atomic E-state index is 0.0759. The fraction of sp³-hybridized carbons (Fsp3) is 0.824. The van der Waals surface area contributed by atoms with Gasteiger partial charge < -0.3 is 10.3 Å². The molecule has 0 spiro atoms. The average Bonchev–Trinajstić information content (AvgIpc) is 2.92. The van der Waals surface area contributed by atoms with Crippen molar-refractivity contribution in [1.29, 1.82) is 0 Å². The SMILES string of the molecule is CCCn1ccnc1CC(N)C(CC)(CC)N(CC)CC. The van der Waals surface area contributed by atoms with Crippen LogP contribution in [0, 0.1) is 0 Å². The molecule has 0 fully saturated rings. The summed E-state index contributed by atoms with van der Waals surface area (Å²) in [6.45, 7) is 14.3. The van der Waals surface area contributed by atoms with Crippen molar-refractivity contribution in [3.63, 3.8) is 0 Å². The van der Waals surface area contributed by atoms with Crippen LogP contribution in [-0.4, -0.2) is 39.1 Å². The monoisotopic (exact) mass is 294 g/mol. The molecule has 21 heavy (non-hydrogen) atoms. The van der Waals surface area contributed by atoms with Gasteiger partial charge in [-0.1, -0.05) is 34.6 Å². The predicted octanol–water partition coefficient (Wildman–Crippen LogP) is 3.06. The number of nitrogens with two attached hydrogens (primary N) is 1. The molecule has 0 bridgehead atoms. The van der Waals surface area contributed by atoms with Gasteiger partial charge in [0.2, 0.25) is 0 Å². The molecule has 0 aliphatic rings. The van der Waals surface area contributed by atoms with Crippen molar-refractivity contribution < 1.29 is 0 Å². The number of nitrogens with zero attached hydrogens (tertiary/aromatic N) is 3. The Hall–Kier alpha value is -0.870. The number of hydrogen-bond donors (Lipinski definition) is 1. The van der Waals surface area contributed by atoms with E-state index in [1.54, 1.807) is 0 Å². The second-order valence-corrected chi connectivity index (χ2v) is 5.83. The van der Waals surface area contributed by atoms with Crippen molar-refractivity contribution in [2.75, 3.05) is 13.1 Å². The minimum absolute atomic E-state index is 0.0759. The number of rotatable bonds is 10. The summed E-state index contributed by atoms with van der Waals surface area (Å²) in [6, 6.07) is 0.116. The second kappa shape index (κ2) is 8.54. The highest BCUT2D eigenvalue weighted by molar-refractivity contribution is 5.04. The topological polar surface area (TPSA) is 47.1 Å². The molecule has 1 atom stereocenters. The lowest BCUT2D eigenvalue weighted by Gasteiger charge is -2.46. The summed E-state index contributed by atoms with van der Waals surface area (Å²) in [5, 5.41) is 0. The van der Waals surface area contributed by atoms with Gasteiger partial charge in [0.05, 0.1) is 0 Å². The minimum Gasteiger partial charge on any atom is -0.335 e. The lowest BCUT2D eigenvalue weighted by Crippen LogP contribution is -2.60. The molecular formula is C17H34N4. The van der Waals surface area contributed by atoms with Gasteiger partial charge in [-0.05, 0) is 32.4 Å². The first kappa shape index (κ1) is 18.2. The largest absolute Gasteiger partial charge is 0.335 e. The van der Waals surface area contributed by atoms with Crippen LogP contribution in [0.25, 0.3) is 0 Å². The van der Waals surface area contributed by atoms with Gasteiger partial charge in [-0.3, -0.25) is 4.90 Å². The molecule has 0 saturated carbocycles. The molecule has 1 aromatic heterocycles. The molecule has 1 unspecified atom stereocenters. The van der Waals surface area contributed by atoms with Crippen LogP contribution in [0.15, 0.2) is 12.4 Å². The zero-order chi connectivity index (χ0) is 15.9. The van der Waals surface area contributed by atoms with E-state index < -0.39 is 0 Å². The van der Waals surface area contributed by atoms with Gasteiger partial charge >= 0.3 is 0 Å². The summed E-state index contributed by atoms with van der Waals surface area (Å²) in [4.78, 5) is 7.06. The van der Waals surface area contributed by atoms with E-state index >= 15 is 0 Å². The molecule has 0 aliphatic carbocycles. The molecular weight excluding hydrogens is 260 g/mol. The van der Waals surface area contributed by atoms with E-state index in [0.717, 1.165) is 51.1 Å². The Morgan fingerprint density at radius 1 is 1.19 bits per heavy atom. The lowest BCUT2D eigenvalue weighted by atomic mass is 9.81. The number of aromatic nitrogens is 2. The Kier molecular flexibility index (Phi) is 7.40. The van der Waals surface area contributed by atoms with Gasteiger partial charge in [-0.25, -0.2) is 4.98 Å². The smallest absolute Gasteiger partial charge is 0.110 e. The fourth-order valence-electron chi connectivity index (χ4n) is 3.67. The third-order valence-electron chi connectivity index (χ3n) is 4.98. The van der Waals surface area contributed by atoms with Crippen LogP contribution in [-0.2, 0) is 13.0 Å². The quantitative estimate of drug-likeness (QED) is 0.721. The van der Waals surface area contributed by atoms with Gasteiger partial charge in [0.15, 0.2) is 0 Å². The van der Waals surface area contributed by atoms with Crippen LogP contribution in [0.2, 0.25) is 0 Å². The zero-order valence-electron chi connectivity index (χ0n) is 14.6. The van der Waals surface area contributed by atoms with E-state index in [1.807, 2.05) is 6.20 Å². The molecule has 1 aromatic rings. The van der Waals surface area contributed by atoms with Crippen LogP contribution in [0.4, 0.5) is 0 Å². The molecule has 0 aliphatic heterocycles. The normalized spacial score (nSPS) is 13.9. The highest BCUT2D eigenvalue weighted by Gasteiger charge is 2.38. The predicted molar refractivity (Wildman–Crippen MR) is 90.4 cm³/mol. The van der Waals surface area contributed by atoms with Gasteiger partial charge in [0.25, 0.3) is 0 Å². The van der Waals surface area contributed by atoms with E-state index in [4.69, 9.17) is 5.73 Å². The Balaban J connectivity index is 2.95. The summed E-state index contributed by atoms with van der Waals surface area (Å²) in [5.41, 5.74) is 6.76. The molecule has 0 amide bonds. The van der Waals surface area contributed by atoms with Crippen molar-refractivity contribution in [3.05, 3.63) is 18.2 Å². The number of likely N-dealkylation sites (N-methyl/N-ethyl adjacent to an activating group) is 1. The van der Waals surface area contributed by atoms with Crippen LogP contribution in [0.3, 0.4) is 0 Å². The van der Waals surface area contributed by atoms with Crippen LogP contribution >= 0.6 is 0 Å². The summed E-state index contributed by atoms with van der Waals surface area (Å²) in [5.74, 6) is 1.13. The second-order valence-electron chi connectivity index (χ2n) is 5.83. The third-order valence-corrected chi connectivity index (χ3v) is 4.98. The number of imidazole rings is 1. The first-order valence-electron chi connectivity index (χ1n) is 8.60. The summed E-state index contributed by atoms with van der Waals surface area (Å²) in [7, 11) is 0. The van der Waals surface area contributed by atoms with E-state index in [2.05, 4.69) is 55.3 Å². The summed E-state index contributed by atoms with van der Waals surface area (Å²) >= 11 is 0. The highest BCUT2D eigenvalue weighted by atomic mass is 15.2. The first-order valence-corrected chi connectivity index (χ1v) is 8.60. The van der Waals surface area contributed by atoms with E-state index in [1.165, 1.54) is 0 Å². The van der Waals surface area contributed by atoms with Crippen molar-refractivity contribution in [2.45, 2.75) is 78.4 Å². The van der Waals surface area contributed by atoms with Gasteiger partial charge in [0, 0.05) is 36.9 Å². The Morgan fingerprint density at radius 3 is 2.29 bits per heavy atom. The Bertz CT molecular complexity index is 391. The number of aryl methyl sites for hydroxylation is 1. The third kappa shape index (κ3) is 3.86. The highest BCUT2D eigenvalue weighted by Crippen LogP contribution is 2.28. The molecule has 0 radical (unpaired) electrons. The van der Waals surface area contributed by atoms with Crippen LogP contribution in [0.5, 0.6) is 0 Å². The zero-order valence-corrected chi connectivity index (χ0v) is 14.6. The van der Waals surface area contributed by atoms with Gasteiger partial charge in [0.1, 0.15) is 5.82 Å². The average molecular weight is 294 g/mol. The van der Waals surface area contributed by atoms with Gasteiger partial charge in [-0.15, -0.1) is 0 Å². The standard InChI is InChI=1S/C17H34N4/c1-6-12-20-13-11-19-16(20)14-15(18)17(7-2,8-3)21(9-4)10-5/h11,13,15H,6-10,12,14,18H2,1-5H3. The van der Waals surface area contributed by atoms with E-state index in [9.17, 15) is 0 Å². The van der Waals surface area contributed by atoms with Crippen molar-refractivity contribution in [3.8, 4) is 0 Å². The maximum atomic E-state index is 6.69. The van der Waals surface area contributed by atoms with Crippen LogP contribution in [0.1, 0.15) is 59.7 Å². The van der Waals surface area contributed by atoms with Crippen LogP contribution < -0.4 is 5.73 Å². The molecule has 2 N–H and O–H groups in total. The molecule has 4 nitrogen and oxygen atoms in total. The van der Waals surface area contributed by atoms with Gasteiger partial charge in [-0.2, -0.15) is 0 Å². The summed E-state index contributed by atoms with van der Waals surface area (Å²) < 4.78 is 2.25. The first-order chi connectivity index (χ1) is 10.1. The summed E-state index contributed by atoms with van der Waals surface area (Å²) in [6.07, 6.45) is 8.12. The molecule has 0 saturated heterocycles. The molecule has 0 aromatic carbocycles. The Labute approximate surface area is 130 Å². The van der Waals surface area contributed by atoms with Crippen molar-refractivity contribution in [1.82, 2.24) is 14.5 Å². The molecule has 1 rings (SSSR count). The van der Waals surface area contributed by atoms with Crippen molar-refractivity contribution in [2.24, 2.45) is 5.73 Å². The maximum absolute atomic E-state index is 6.69. The Morgan fingerprint density at radius 2 is 1.81 bits per heavy atom. The lowest BCUT2D eigenvalue weighted by molar-refractivity contribution is 0.0619.